The first-order valence-corrected chi connectivity index (χ1v) is 10.2. The molecule has 152 valence electrons. The van der Waals surface area contributed by atoms with Crippen LogP contribution in [-0.2, 0) is 11.3 Å². The number of likely N-dealkylation sites (tertiary alicyclic amines) is 1. The molecule has 5 heteroatoms. The number of carbonyl (C=O) groups is 1. The van der Waals surface area contributed by atoms with Crippen LogP contribution >= 0.6 is 11.6 Å². The number of aliphatic carboxylic acids is 1. The Bertz CT molecular complexity index is 941. The topological polar surface area (TPSA) is 52.6 Å². The molecule has 0 spiro atoms. The first-order valence-electron chi connectivity index (χ1n) is 9.82. The number of hydrogen-bond acceptors (Lipinski definition) is 3. The lowest BCUT2D eigenvalue weighted by molar-refractivity contribution is -0.141. The van der Waals surface area contributed by atoms with E-state index in [-0.39, 0.29) is 12.0 Å². The molecule has 1 aliphatic rings. The van der Waals surface area contributed by atoms with Crippen LogP contribution in [0.25, 0.3) is 0 Å². The van der Waals surface area contributed by atoms with E-state index in [0.29, 0.717) is 13.0 Å². The summed E-state index contributed by atoms with van der Waals surface area (Å²) in [5.41, 5.74) is 6.35. The number of hydrogen-bond donors (Lipinski definition) is 2. The van der Waals surface area contributed by atoms with Gasteiger partial charge < -0.3 is 10.4 Å². The van der Waals surface area contributed by atoms with Gasteiger partial charge in [-0.25, -0.2) is 0 Å². The van der Waals surface area contributed by atoms with Gasteiger partial charge in [-0.3, -0.25) is 9.69 Å². The summed E-state index contributed by atoms with van der Waals surface area (Å²) in [6.07, 6.45) is 6.53. The minimum atomic E-state index is -0.704. The number of terminal acetylenes is 1. The van der Waals surface area contributed by atoms with E-state index in [0.717, 1.165) is 40.5 Å². The molecule has 1 fully saturated rings. The van der Waals surface area contributed by atoms with Crippen molar-refractivity contribution in [1.82, 2.24) is 4.90 Å². The average Bonchev–Trinajstić information content (AvgIpc) is 3.15. The summed E-state index contributed by atoms with van der Waals surface area (Å²) in [5.74, 6) is 1.87. The Morgan fingerprint density at radius 2 is 1.97 bits per heavy atom. The molecule has 0 radical (unpaired) electrons. The van der Waals surface area contributed by atoms with Gasteiger partial charge in [0.2, 0.25) is 0 Å². The number of nitrogens with one attached hydrogen (secondary N) is 1. The zero-order chi connectivity index (χ0) is 21.1. The molecule has 0 bridgehead atoms. The number of benzene rings is 2. The number of carboxylic acids is 1. The number of rotatable bonds is 6. The molecule has 3 rings (SSSR count). The van der Waals surface area contributed by atoms with Gasteiger partial charge in [-0.05, 0) is 73.7 Å². The lowest BCUT2D eigenvalue weighted by atomic mass is 10.0. The fraction of sp³-hybridized carbons (Fsp3) is 0.375. The van der Waals surface area contributed by atoms with Gasteiger partial charge in [-0.15, -0.1) is 6.42 Å². The SMILES string of the molecule is C#C[C@@H](Nc1ccc(C)c(CN2CC[C@@H](C(=O)O)C2)c1)c1cc(C)c(Cl)c(C)c1. The monoisotopic (exact) mass is 410 g/mol. The van der Waals surface area contributed by atoms with Gasteiger partial charge in [-0.1, -0.05) is 35.7 Å². The van der Waals surface area contributed by atoms with E-state index in [1.807, 2.05) is 32.0 Å². The predicted molar refractivity (Wildman–Crippen MR) is 118 cm³/mol. The number of halogens is 1. The van der Waals surface area contributed by atoms with Gasteiger partial charge in [0.25, 0.3) is 0 Å². The molecule has 1 aliphatic heterocycles. The lowest BCUT2D eigenvalue weighted by Crippen LogP contribution is -2.23. The maximum atomic E-state index is 11.2. The van der Waals surface area contributed by atoms with Crippen LogP contribution in [0, 0.1) is 39.0 Å². The molecule has 1 saturated heterocycles. The first-order chi connectivity index (χ1) is 13.8. The highest BCUT2D eigenvalue weighted by atomic mass is 35.5. The second kappa shape index (κ2) is 8.90. The van der Waals surface area contributed by atoms with Crippen molar-refractivity contribution in [3.8, 4) is 12.3 Å². The fourth-order valence-electron chi connectivity index (χ4n) is 3.88. The summed E-state index contributed by atoms with van der Waals surface area (Å²) in [7, 11) is 0. The van der Waals surface area contributed by atoms with Crippen molar-refractivity contribution in [2.75, 3.05) is 18.4 Å². The highest BCUT2D eigenvalue weighted by Crippen LogP contribution is 2.28. The smallest absolute Gasteiger partial charge is 0.307 e. The van der Waals surface area contributed by atoms with Crippen molar-refractivity contribution in [3.05, 3.63) is 63.2 Å². The highest BCUT2D eigenvalue weighted by Gasteiger charge is 2.28. The Labute approximate surface area is 177 Å². The summed E-state index contributed by atoms with van der Waals surface area (Å²) in [6.45, 7) is 8.19. The summed E-state index contributed by atoms with van der Waals surface area (Å²) in [4.78, 5) is 13.4. The Morgan fingerprint density at radius 1 is 1.28 bits per heavy atom. The first kappa shape index (κ1) is 21.2. The Morgan fingerprint density at radius 3 is 2.55 bits per heavy atom. The van der Waals surface area contributed by atoms with E-state index in [2.05, 4.69) is 35.2 Å². The second-order valence-electron chi connectivity index (χ2n) is 7.91. The van der Waals surface area contributed by atoms with Crippen LogP contribution in [0.15, 0.2) is 30.3 Å². The fourth-order valence-corrected chi connectivity index (χ4v) is 3.99. The number of aryl methyl sites for hydroxylation is 3. The molecule has 0 unspecified atom stereocenters. The summed E-state index contributed by atoms with van der Waals surface area (Å²) in [6, 6.07) is 10.0. The van der Waals surface area contributed by atoms with Gasteiger partial charge in [0.15, 0.2) is 0 Å². The molecular weight excluding hydrogens is 384 g/mol. The Hall–Kier alpha value is -2.48. The maximum absolute atomic E-state index is 11.2. The van der Waals surface area contributed by atoms with Crippen molar-refractivity contribution < 1.29 is 9.90 Å². The third kappa shape index (κ3) is 4.93. The number of anilines is 1. The quantitative estimate of drug-likeness (QED) is 0.661. The molecular formula is C24H27ClN2O2. The van der Waals surface area contributed by atoms with Crippen molar-refractivity contribution in [3.63, 3.8) is 0 Å². The third-order valence-corrected chi connectivity index (χ3v) is 6.23. The largest absolute Gasteiger partial charge is 0.481 e. The normalized spacial score (nSPS) is 17.7. The van der Waals surface area contributed by atoms with Gasteiger partial charge in [0.1, 0.15) is 6.04 Å². The zero-order valence-corrected chi connectivity index (χ0v) is 17.9. The van der Waals surface area contributed by atoms with Gasteiger partial charge in [-0.2, -0.15) is 0 Å². The predicted octanol–water partition coefficient (Wildman–Crippen LogP) is 4.96. The van der Waals surface area contributed by atoms with Gasteiger partial charge in [0, 0.05) is 23.8 Å². The van der Waals surface area contributed by atoms with E-state index >= 15 is 0 Å². The molecule has 2 atom stereocenters. The van der Waals surface area contributed by atoms with Crippen LogP contribution in [0.4, 0.5) is 5.69 Å². The number of carboxylic acid groups (broad SMARTS) is 1. The van der Waals surface area contributed by atoms with Gasteiger partial charge >= 0.3 is 5.97 Å². The van der Waals surface area contributed by atoms with Crippen LogP contribution in [0.2, 0.25) is 5.02 Å². The molecule has 2 N–H and O–H groups in total. The second-order valence-corrected chi connectivity index (χ2v) is 8.29. The van der Waals surface area contributed by atoms with Crippen LogP contribution in [0.1, 0.15) is 40.3 Å². The molecule has 0 amide bonds. The minimum Gasteiger partial charge on any atom is -0.481 e. The molecule has 0 aliphatic carbocycles. The Balaban J connectivity index is 1.77. The summed E-state index contributed by atoms with van der Waals surface area (Å²) < 4.78 is 0. The third-order valence-electron chi connectivity index (χ3n) is 5.63. The van der Waals surface area contributed by atoms with Crippen molar-refractivity contribution in [1.29, 1.82) is 0 Å². The minimum absolute atomic E-state index is 0.261. The maximum Gasteiger partial charge on any atom is 0.307 e. The highest BCUT2D eigenvalue weighted by molar-refractivity contribution is 6.32. The number of nitrogens with zero attached hydrogens (tertiary/aromatic N) is 1. The standard InChI is InChI=1S/C24H27ClN2O2/c1-5-22(19-10-16(3)23(25)17(4)11-19)26-21-7-6-15(2)20(12-21)14-27-9-8-18(13-27)24(28)29/h1,6-7,10-12,18,22,26H,8-9,13-14H2,2-4H3,(H,28,29)/t18-,22-/m1/s1. The van der Waals surface area contributed by atoms with E-state index in [4.69, 9.17) is 18.0 Å². The molecule has 2 aromatic rings. The van der Waals surface area contributed by atoms with Crippen molar-refractivity contribution in [2.24, 2.45) is 5.92 Å². The molecule has 2 aromatic carbocycles. The van der Waals surface area contributed by atoms with Crippen LogP contribution in [0.5, 0.6) is 0 Å². The molecule has 4 nitrogen and oxygen atoms in total. The van der Waals surface area contributed by atoms with E-state index < -0.39 is 5.97 Å². The molecule has 29 heavy (non-hydrogen) atoms. The van der Waals surface area contributed by atoms with Gasteiger partial charge in [0.05, 0.1) is 5.92 Å². The molecule has 0 aromatic heterocycles. The van der Waals surface area contributed by atoms with Crippen LogP contribution < -0.4 is 5.32 Å². The van der Waals surface area contributed by atoms with E-state index in [1.165, 1.54) is 11.1 Å². The Kier molecular flexibility index (Phi) is 6.52. The molecule has 1 heterocycles. The summed E-state index contributed by atoms with van der Waals surface area (Å²) in [5, 5.41) is 13.4. The summed E-state index contributed by atoms with van der Waals surface area (Å²) >= 11 is 6.29. The van der Waals surface area contributed by atoms with Crippen LogP contribution in [0.3, 0.4) is 0 Å². The van der Waals surface area contributed by atoms with Crippen molar-refractivity contribution in [2.45, 2.75) is 39.8 Å². The zero-order valence-electron chi connectivity index (χ0n) is 17.1. The molecule has 0 saturated carbocycles. The average molecular weight is 411 g/mol. The van der Waals surface area contributed by atoms with Crippen LogP contribution in [-0.4, -0.2) is 29.1 Å². The lowest BCUT2D eigenvalue weighted by Gasteiger charge is -2.20. The van der Waals surface area contributed by atoms with E-state index in [9.17, 15) is 9.90 Å². The van der Waals surface area contributed by atoms with Crippen molar-refractivity contribution >= 4 is 23.3 Å². The van der Waals surface area contributed by atoms with E-state index in [1.54, 1.807) is 0 Å².